The van der Waals surface area contributed by atoms with Gasteiger partial charge in [0.1, 0.15) is 0 Å². The number of carbonyl (C=O) groups is 1. The molecule has 1 amide bonds. The molecule has 4 rings (SSSR count). The minimum atomic E-state index is -0.209. The molecular formula is C23H19Cl2N5O. The number of aryl methyl sites for hydroxylation is 2. The molecule has 0 unspecified atom stereocenters. The van der Waals surface area contributed by atoms with Gasteiger partial charge < -0.3 is 5.32 Å². The van der Waals surface area contributed by atoms with E-state index in [1.165, 1.54) is 0 Å². The van der Waals surface area contributed by atoms with Gasteiger partial charge in [0, 0.05) is 37.1 Å². The first kappa shape index (κ1) is 21.0. The molecule has 0 aliphatic heterocycles. The second-order valence-corrected chi connectivity index (χ2v) is 7.94. The number of aromatic nitrogens is 4. The minimum absolute atomic E-state index is 0.209. The lowest BCUT2D eigenvalue weighted by atomic mass is 10.0. The zero-order chi connectivity index (χ0) is 22.0. The average Bonchev–Trinajstić information content (AvgIpc) is 3.21. The van der Waals surface area contributed by atoms with Crippen LogP contribution in [0, 0.1) is 6.92 Å². The van der Waals surface area contributed by atoms with Crippen molar-refractivity contribution in [2.45, 2.75) is 13.5 Å². The van der Waals surface area contributed by atoms with E-state index in [-0.39, 0.29) is 5.91 Å². The molecule has 0 saturated heterocycles. The van der Waals surface area contributed by atoms with E-state index in [9.17, 15) is 4.79 Å². The van der Waals surface area contributed by atoms with Crippen molar-refractivity contribution < 1.29 is 4.79 Å². The summed E-state index contributed by atoms with van der Waals surface area (Å²) in [7, 11) is 1.86. The van der Waals surface area contributed by atoms with Crippen molar-refractivity contribution in [1.29, 1.82) is 0 Å². The molecule has 0 bridgehead atoms. The molecule has 2 aromatic carbocycles. The molecule has 0 aliphatic rings. The highest BCUT2D eigenvalue weighted by Crippen LogP contribution is 2.24. The first-order chi connectivity index (χ1) is 14.9. The molecule has 0 atom stereocenters. The van der Waals surface area contributed by atoms with E-state index in [4.69, 9.17) is 23.2 Å². The van der Waals surface area contributed by atoms with Gasteiger partial charge in [0.25, 0.3) is 5.91 Å². The standard InChI is InChI=1S/C23H19Cl2N5O/c1-14-9-15(21-7-8-26-22(29-21)18-12-28-30(2)13-18)3-4-17(14)11-27-23(31)16-5-6-19(24)20(25)10-16/h3-10,12-13H,11H2,1-2H3,(H,27,31). The van der Waals surface area contributed by atoms with Crippen LogP contribution in [0.3, 0.4) is 0 Å². The lowest BCUT2D eigenvalue weighted by Gasteiger charge is -2.11. The van der Waals surface area contributed by atoms with Gasteiger partial charge in [-0.2, -0.15) is 5.10 Å². The quantitative estimate of drug-likeness (QED) is 0.458. The summed E-state index contributed by atoms with van der Waals surface area (Å²) in [5.74, 6) is 0.417. The molecule has 4 aromatic rings. The van der Waals surface area contributed by atoms with Gasteiger partial charge in [0.2, 0.25) is 0 Å². The van der Waals surface area contributed by atoms with E-state index in [1.807, 2.05) is 38.4 Å². The van der Waals surface area contributed by atoms with Gasteiger partial charge in [-0.3, -0.25) is 9.48 Å². The Balaban J connectivity index is 1.49. The van der Waals surface area contributed by atoms with E-state index in [1.54, 1.807) is 35.3 Å². The highest BCUT2D eigenvalue weighted by atomic mass is 35.5. The van der Waals surface area contributed by atoms with Gasteiger partial charge in [-0.1, -0.05) is 35.3 Å². The number of nitrogens with zero attached hydrogens (tertiary/aromatic N) is 4. The number of nitrogens with one attached hydrogen (secondary N) is 1. The predicted molar refractivity (Wildman–Crippen MR) is 122 cm³/mol. The summed E-state index contributed by atoms with van der Waals surface area (Å²) < 4.78 is 1.72. The van der Waals surface area contributed by atoms with Crippen LogP contribution in [0.5, 0.6) is 0 Å². The Morgan fingerprint density at radius 2 is 1.90 bits per heavy atom. The fraction of sp³-hybridized carbons (Fsp3) is 0.130. The number of hydrogen-bond donors (Lipinski definition) is 1. The molecule has 2 heterocycles. The van der Waals surface area contributed by atoms with Crippen LogP contribution in [0.4, 0.5) is 0 Å². The number of benzene rings is 2. The zero-order valence-corrected chi connectivity index (χ0v) is 18.4. The van der Waals surface area contributed by atoms with Crippen LogP contribution in [0.2, 0.25) is 10.0 Å². The number of halogens is 2. The molecule has 0 spiro atoms. The molecule has 0 radical (unpaired) electrons. The first-order valence-corrected chi connectivity index (χ1v) is 10.3. The molecule has 0 aliphatic carbocycles. The zero-order valence-electron chi connectivity index (χ0n) is 16.9. The highest BCUT2D eigenvalue weighted by molar-refractivity contribution is 6.42. The third-order valence-corrected chi connectivity index (χ3v) is 5.62. The predicted octanol–water partition coefficient (Wildman–Crippen LogP) is 5.09. The van der Waals surface area contributed by atoms with Crippen LogP contribution in [0.25, 0.3) is 22.6 Å². The van der Waals surface area contributed by atoms with Gasteiger partial charge in [0.15, 0.2) is 5.82 Å². The third-order valence-electron chi connectivity index (χ3n) is 4.88. The van der Waals surface area contributed by atoms with Crippen LogP contribution < -0.4 is 5.32 Å². The third kappa shape index (κ3) is 4.76. The summed E-state index contributed by atoms with van der Waals surface area (Å²) in [5.41, 5.74) is 5.19. The molecule has 0 saturated carbocycles. The van der Waals surface area contributed by atoms with Gasteiger partial charge in [-0.25, -0.2) is 9.97 Å². The minimum Gasteiger partial charge on any atom is -0.348 e. The Labute approximate surface area is 189 Å². The number of carbonyl (C=O) groups excluding carboxylic acids is 1. The maximum Gasteiger partial charge on any atom is 0.251 e. The monoisotopic (exact) mass is 451 g/mol. The molecule has 6 nitrogen and oxygen atoms in total. The topological polar surface area (TPSA) is 72.7 Å². The van der Waals surface area contributed by atoms with Crippen molar-refractivity contribution in [3.05, 3.63) is 87.8 Å². The molecule has 8 heteroatoms. The molecule has 31 heavy (non-hydrogen) atoms. The normalized spacial score (nSPS) is 10.8. The Morgan fingerprint density at radius 1 is 1.06 bits per heavy atom. The molecule has 156 valence electrons. The number of rotatable bonds is 5. The smallest absolute Gasteiger partial charge is 0.251 e. The molecule has 2 aromatic heterocycles. The second-order valence-electron chi connectivity index (χ2n) is 7.12. The summed E-state index contributed by atoms with van der Waals surface area (Å²) in [4.78, 5) is 21.4. The Kier molecular flexibility index (Phi) is 6.02. The van der Waals surface area contributed by atoms with Gasteiger partial charge >= 0.3 is 0 Å². The largest absolute Gasteiger partial charge is 0.348 e. The van der Waals surface area contributed by atoms with Crippen molar-refractivity contribution in [1.82, 2.24) is 25.1 Å². The SMILES string of the molecule is Cc1cc(-c2ccnc(-c3cnn(C)c3)n2)ccc1CNC(=O)c1ccc(Cl)c(Cl)c1. The van der Waals surface area contributed by atoms with Crippen LogP contribution in [-0.2, 0) is 13.6 Å². The van der Waals surface area contributed by atoms with E-state index in [0.29, 0.717) is 28.0 Å². The highest BCUT2D eigenvalue weighted by Gasteiger charge is 2.11. The van der Waals surface area contributed by atoms with Gasteiger partial charge in [-0.15, -0.1) is 0 Å². The van der Waals surface area contributed by atoms with E-state index >= 15 is 0 Å². The maximum atomic E-state index is 12.4. The van der Waals surface area contributed by atoms with Crippen molar-refractivity contribution in [2.75, 3.05) is 0 Å². The molecule has 1 N–H and O–H groups in total. The molecular weight excluding hydrogens is 433 g/mol. The summed E-state index contributed by atoms with van der Waals surface area (Å²) in [6.45, 7) is 2.41. The fourth-order valence-electron chi connectivity index (χ4n) is 3.16. The Bertz CT molecular complexity index is 1270. The summed E-state index contributed by atoms with van der Waals surface area (Å²) >= 11 is 11.9. The first-order valence-electron chi connectivity index (χ1n) is 9.56. The Morgan fingerprint density at radius 3 is 2.61 bits per heavy atom. The van der Waals surface area contributed by atoms with Crippen molar-refractivity contribution >= 4 is 29.1 Å². The van der Waals surface area contributed by atoms with Crippen LogP contribution in [0.15, 0.2) is 61.1 Å². The van der Waals surface area contributed by atoms with E-state index < -0.39 is 0 Å². The number of amides is 1. The van der Waals surface area contributed by atoms with Crippen LogP contribution >= 0.6 is 23.2 Å². The van der Waals surface area contributed by atoms with Crippen LogP contribution in [-0.4, -0.2) is 25.7 Å². The van der Waals surface area contributed by atoms with Gasteiger partial charge in [0.05, 0.1) is 27.5 Å². The number of hydrogen-bond acceptors (Lipinski definition) is 4. The summed E-state index contributed by atoms with van der Waals surface area (Å²) in [6.07, 6.45) is 5.36. The lowest BCUT2D eigenvalue weighted by molar-refractivity contribution is 0.0951. The van der Waals surface area contributed by atoms with Crippen LogP contribution in [0.1, 0.15) is 21.5 Å². The van der Waals surface area contributed by atoms with Crippen molar-refractivity contribution in [2.24, 2.45) is 7.05 Å². The van der Waals surface area contributed by atoms with Crippen molar-refractivity contribution in [3.63, 3.8) is 0 Å². The maximum absolute atomic E-state index is 12.4. The summed E-state index contributed by atoms with van der Waals surface area (Å²) in [5, 5.41) is 7.86. The molecule has 0 fully saturated rings. The fourth-order valence-corrected chi connectivity index (χ4v) is 3.46. The van der Waals surface area contributed by atoms with Gasteiger partial charge in [-0.05, 0) is 48.4 Å². The van der Waals surface area contributed by atoms with E-state index in [0.717, 1.165) is 27.9 Å². The van der Waals surface area contributed by atoms with E-state index in [2.05, 4.69) is 26.4 Å². The average molecular weight is 452 g/mol. The van der Waals surface area contributed by atoms with Crippen molar-refractivity contribution in [3.8, 4) is 22.6 Å². The second kappa shape index (κ2) is 8.88. The lowest BCUT2D eigenvalue weighted by Crippen LogP contribution is -2.23. The summed E-state index contributed by atoms with van der Waals surface area (Å²) in [6, 6.07) is 12.7. The Hall–Kier alpha value is -3.22.